The lowest BCUT2D eigenvalue weighted by Gasteiger charge is -2.22. The van der Waals surface area contributed by atoms with Crippen molar-refractivity contribution in [1.82, 2.24) is 0 Å². The highest BCUT2D eigenvalue weighted by molar-refractivity contribution is 6.33. The monoisotopic (exact) mass is 269 g/mol. The van der Waals surface area contributed by atoms with Crippen molar-refractivity contribution in [2.24, 2.45) is 0 Å². The first-order chi connectivity index (χ1) is 8.58. The summed E-state index contributed by atoms with van der Waals surface area (Å²) >= 11 is 6.01. The van der Waals surface area contributed by atoms with Gasteiger partial charge in [0.2, 0.25) is 0 Å². The van der Waals surface area contributed by atoms with E-state index >= 15 is 0 Å². The topological polar surface area (TPSA) is 58.6 Å². The minimum atomic E-state index is -0.922. The molecule has 98 valence electrons. The summed E-state index contributed by atoms with van der Waals surface area (Å²) < 4.78 is 5.61. The van der Waals surface area contributed by atoms with Gasteiger partial charge in [-0.3, -0.25) is 0 Å². The molecule has 2 rings (SSSR count). The van der Waals surface area contributed by atoms with Gasteiger partial charge in [-0.2, -0.15) is 0 Å². The Morgan fingerprint density at radius 1 is 1.50 bits per heavy atom. The maximum absolute atomic E-state index is 11.3. The first-order valence-corrected chi connectivity index (χ1v) is 6.35. The lowest BCUT2D eigenvalue weighted by Crippen LogP contribution is -2.40. The van der Waals surface area contributed by atoms with Crippen LogP contribution in [0.4, 0.5) is 5.69 Å². The molecule has 0 spiro atoms. The fourth-order valence-corrected chi connectivity index (χ4v) is 2.33. The molecule has 18 heavy (non-hydrogen) atoms. The zero-order valence-corrected chi connectivity index (χ0v) is 10.9. The zero-order chi connectivity index (χ0) is 13.1. The van der Waals surface area contributed by atoms with E-state index in [0.717, 1.165) is 12.8 Å². The van der Waals surface area contributed by atoms with Crippen LogP contribution in [0.2, 0.25) is 5.02 Å². The Balaban J connectivity index is 2.12. The fourth-order valence-electron chi connectivity index (χ4n) is 2.14. The molecule has 1 saturated heterocycles. The standard InChI is InChI=1S/C13H16ClNO3/c1-8-6-7-11(18-8)12(13(16)17)15-10-5-3-2-4-9(10)14/h2-5,8,11-12,15H,6-7H2,1H3,(H,16,17). The molecule has 0 radical (unpaired) electrons. The molecule has 0 amide bonds. The molecule has 3 atom stereocenters. The Morgan fingerprint density at radius 2 is 2.22 bits per heavy atom. The van der Waals surface area contributed by atoms with Gasteiger partial charge in [0.15, 0.2) is 6.04 Å². The van der Waals surface area contributed by atoms with E-state index in [1.165, 1.54) is 0 Å². The quantitative estimate of drug-likeness (QED) is 0.882. The third-order valence-corrected chi connectivity index (χ3v) is 3.42. The molecule has 1 aliphatic heterocycles. The average Bonchev–Trinajstić information content (AvgIpc) is 2.74. The first-order valence-electron chi connectivity index (χ1n) is 5.97. The van der Waals surface area contributed by atoms with Crippen molar-refractivity contribution in [3.63, 3.8) is 0 Å². The van der Waals surface area contributed by atoms with E-state index in [-0.39, 0.29) is 12.2 Å². The molecule has 0 bridgehead atoms. The van der Waals surface area contributed by atoms with Crippen LogP contribution in [-0.2, 0) is 9.53 Å². The summed E-state index contributed by atoms with van der Waals surface area (Å²) in [6.07, 6.45) is 1.44. The van der Waals surface area contributed by atoms with Crippen LogP contribution >= 0.6 is 11.6 Å². The van der Waals surface area contributed by atoms with Crippen molar-refractivity contribution in [3.8, 4) is 0 Å². The molecular weight excluding hydrogens is 254 g/mol. The third-order valence-electron chi connectivity index (χ3n) is 3.09. The Labute approximate surface area is 111 Å². The number of ether oxygens (including phenoxy) is 1. The van der Waals surface area contributed by atoms with Crippen molar-refractivity contribution in [1.29, 1.82) is 0 Å². The number of carboxylic acid groups (broad SMARTS) is 1. The van der Waals surface area contributed by atoms with Crippen LogP contribution in [0.1, 0.15) is 19.8 Å². The summed E-state index contributed by atoms with van der Waals surface area (Å²) in [5, 5.41) is 12.7. The van der Waals surface area contributed by atoms with Crippen molar-refractivity contribution in [2.45, 2.75) is 38.0 Å². The lowest BCUT2D eigenvalue weighted by molar-refractivity contribution is -0.141. The van der Waals surface area contributed by atoms with E-state index in [1.807, 2.05) is 13.0 Å². The Morgan fingerprint density at radius 3 is 2.78 bits per heavy atom. The number of hydrogen-bond donors (Lipinski definition) is 2. The summed E-state index contributed by atoms with van der Waals surface area (Å²) in [5.41, 5.74) is 0.620. The van der Waals surface area contributed by atoms with E-state index < -0.39 is 12.0 Å². The van der Waals surface area contributed by atoms with Crippen LogP contribution < -0.4 is 5.32 Å². The predicted octanol–water partition coefficient (Wildman–Crippen LogP) is 2.77. The van der Waals surface area contributed by atoms with Gasteiger partial charge in [-0.05, 0) is 31.9 Å². The largest absolute Gasteiger partial charge is 0.480 e. The van der Waals surface area contributed by atoms with Gasteiger partial charge in [-0.1, -0.05) is 23.7 Å². The molecule has 1 aliphatic rings. The molecule has 2 N–H and O–H groups in total. The highest BCUT2D eigenvalue weighted by Crippen LogP contribution is 2.27. The maximum atomic E-state index is 11.3. The van der Waals surface area contributed by atoms with E-state index in [9.17, 15) is 9.90 Å². The van der Waals surface area contributed by atoms with Gasteiger partial charge in [0.1, 0.15) is 0 Å². The number of nitrogens with one attached hydrogen (secondary N) is 1. The summed E-state index contributed by atoms with van der Waals surface area (Å²) in [4.78, 5) is 11.3. The number of hydrogen-bond acceptors (Lipinski definition) is 3. The summed E-state index contributed by atoms with van der Waals surface area (Å²) in [6.45, 7) is 1.95. The van der Waals surface area contributed by atoms with Crippen LogP contribution in [0.25, 0.3) is 0 Å². The lowest BCUT2D eigenvalue weighted by atomic mass is 10.1. The minimum Gasteiger partial charge on any atom is -0.480 e. The highest BCUT2D eigenvalue weighted by Gasteiger charge is 2.34. The number of halogens is 1. The fraction of sp³-hybridized carbons (Fsp3) is 0.462. The number of carbonyl (C=O) groups is 1. The molecule has 1 aromatic carbocycles. The van der Waals surface area contributed by atoms with Crippen LogP contribution in [0, 0.1) is 0 Å². The Hall–Kier alpha value is -1.26. The second-order valence-corrected chi connectivity index (χ2v) is 4.91. The predicted molar refractivity (Wildman–Crippen MR) is 70.1 cm³/mol. The van der Waals surface area contributed by atoms with Crippen LogP contribution in [0.15, 0.2) is 24.3 Å². The van der Waals surface area contributed by atoms with Gasteiger partial charge < -0.3 is 15.2 Å². The van der Waals surface area contributed by atoms with E-state index in [0.29, 0.717) is 10.7 Å². The van der Waals surface area contributed by atoms with Crippen molar-refractivity contribution >= 4 is 23.3 Å². The zero-order valence-electron chi connectivity index (χ0n) is 10.1. The minimum absolute atomic E-state index is 0.116. The second kappa shape index (κ2) is 5.59. The summed E-state index contributed by atoms with van der Waals surface area (Å²) in [5.74, 6) is -0.922. The molecule has 1 fully saturated rings. The number of carboxylic acids is 1. The molecule has 3 unspecified atom stereocenters. The molecular formula is C13H16ClNO3. The number of aliphatic carboxylic acids is 1. The van der Waals surface area contributed by atoms with E-state index in [4.69, 9.17) is 16.3 Å². The number of anilines is 1. The van der Waals surface area contributed by atoms with Gasteiger partial charge in [-0.15, -0.1) is 0 Å². The average molecular weight is 270 g/mol. The van der Waals surface area contributed by atoms with Crippen molar-refractivity contribution < 1.29 is 14.6 Å². The maximum Gasteiger partial charge on any atom is 0.328 e. The van der Waals surface area contributed by atoms with Gasteiger partial charge in [0, 0.05) is 0 Å². The number of para-hydroxylation sites is 1. The third kappa shape index (κ3) is 2.94. The first kappa shape index (κ1) is 13.2. The number of benzene rings is 1. The molecule has 0 aromatic heterocycles. The molecule has 4 nitrogen and oxygen atoms in total. The van der Waals surface area contributed by atoms with Crippen molar-refractivity contribution in [3.05, 3.63) is 29.3 Å². The van der Waals surface area contributed by atoms with Crippen LogP contribution in [0.5, 0.6) is 0 Å². The number of rotatable bonds is 4. The Kier molecular flexibility index (Phi) is 4.09. The Bertz CT molecular complexity index is 438. The summed E-state index contributed by atoms with van der Waals surface area (Å²) in [7, 11) is 0. The highest BCUT2D eigenvalue weighted by atomic mass is 35.5. The molecule has 5 heteroatoms. The van der Waals surface area contributed by atoms with E-state index in [1.54, 1.807) is 18.2 Å². The normalized spacial score (nSPS) is 24.8. The van der Waals surface area contributed by atoms with Gasteiger partial charge in [0.25, 0.3) is 0 Å². The van der Waals surface area contributed by atoms with Gasteiger partial charge >= 0.3 is 5.97 Å². The van der Waals surface area contributed by atoms with Crippen molar-refractivity contribution in [2.75, 3.05) is 5.32 Å². The second-order valence-electron chi connectivity index (χ2n) is 4.50. The van der Waals surface area contributed by atoms with E-state index in [2.05, 4.69) is 5.32 Å². The smallest absolute Gasteiger partial charge is 0.328 e. The molecule has 0 saturated carbocycles. The SMILES string of the molecule is CC1CCC(C(Nc2ccccc2Cl)C(=O)O)O1. The van der Waals surface area contributed by atoms with Crippen LogP contribution in [-0.4, -0.2) is 29.3 Å². The summed E-state index contributed by atoms with van der Waals surface area (Å²) in [6, 6.07) is 6.33. The van der Waals surface area contributed by atoms with Gasteiger partial charge in [0.05, 0.1) is 22.9 Å². The molecule has 1 heterocycles. The van der Waals surface area contributed by atoms with Gasteiger partial charge in [-0.25, -0.2) is 4.79 Å². The van der Waals surface area contributed by atoms with Crippen LogP contribution in [0.3, 0.4) is 0 Å². The molecule has 1 aromatic rings. The molecule has 0 aliphatic carbocycles.